The van der Waals surface area contributed by atoms with Gasteiger partial charge in [0.1, 0.15) is 5.88 Å². The van der Waals surface area contributed by atoms with E-state index in [0.717, 1.165) is 19.6 Å². The summed E-state index contributed by atoms with van der Waals surface area (Å²) in [6, 6.07) is 0.566. The van der Waals surface area contributed by atoms with Crippen LogP contribution in [0.25, 0.3) is 0 Å². The van der Waals surface area contributed by atoms with Gasteiger partial charge in [-0.15, -0.1) is 16.7 Å². The third-order valence-corrected chi connectivity index (χ3v) is 2.47. The summed E-state index contributed by atoms with van der Waals surface area (Å²) in [7, 11) is 4.09. The van der Waals surface area contributed by atoms with Crippen molar-refractivity contribution in [3.05, 3.63) is 5.89 Å². The molecule has 1 heterocycles. The zero-order chi connectivity index (χ0) is 12.8. The Kier molecular flexibility index (Phi) is 5.71. The van der Waals surface area contributed by atoms with E-state index in [0.29, 0.717) is 17.8 Å². The molecule has 0 aliphatic heterocycles. The molecule has 0 saturated carbocycles. The highest BCUT2D eigenvalue weighted by Gasteiger charge is 2.15. The molecule has 0 spiro atoms. The predicted octanol–water partition coefficient (Wildman–Crippen LogP) is 1.83. The summed E-state index contributed by atoms with van der Waals surface area (Å²) in [6.07, 6.45) is 0. The molecule has 0 aliphatic carbocycles. The monoisotopic (exact) mass is 260 g/mol. The molecule has 0 unspecified atom stereocenters. The first-order chi connectivity index (χ1) is 8.02. The Labute approximate surface area is 108 Å². The predicted molar refractivity (Wildman–Crippen MR) is 69.5 cm³/mol. The van der Waals surface area contributed by atoms with Crippen LogP contribution in [0.1, 0.15) is 19.7 Å². The van der Waals surface area contributed by atoms with Gasteiger partial charge < -0.3 is 14.2 Å². The van der Waals surface area contributed by atoms with E-state index >= 15 is 0 Å². The molecule has 0 fully saturated rings. The molecule has 0 amide bonds. The highest BCUT2D eigenvalue weighted by atomic mass is 35.5. The largest absolute Gasteiger partial charge is 0.407 e. The standard InChI is InChI=1S/C11H21ClN4O/c1-9(2)8-16(6-5-15(3)4)11-14-13-10(7-12)17-11/h9H,5-8H2,1-4H3. The molecule has 1 aromatic rings. The lowest BCUT2D eigenvalue weighted by Crippen LogP contribution is -2.34. The van der Waals surface area contributed by atoms with Crippen LogP contribution in [0.5, 0.6) is 0 Å². The van der Waals surface area contributed by atoms with Crippen molar-refractivity contribution < 1.29 is 4.42 Å². The van der Waals surface area contributed by atoms with E-state index in [4.69, 9.17) is 16.0 Å². The summed E-state index contributed by atoms with van der Waals surface area (Å²) in [5.74, 6) is 1.28. The quantitative estimate of drug-likeness (QED) is 0.700. The van der Waals surface area contributed by atoms with Gasteiger partial charge in [-0.2, -0.15) is 0 Å². The number of anilines is 1. The van der Waals surface area contributed by atoms with Gasteiger partial charge in [0.25, 0.3) is 0 Å². The Hall–Kier alpha value is -0.810. The minimum Gasteiger partial charge on any atom is -0.407 e. The fourth-order valence-electron chi connectivity index (χ4n) is 1.45. The van der Waals surface area contributed by atoms with Gasteiger partial charge in [-0.25, -0.2) is 0 Å². The van der Waals surface area contributed by atoms with Crippen molar-refractivity contribution in [2.75, 3.05) is 38.6 Å². The van der Waals surface area contributed by atoms with Gasteiger partial charge in [0.05, 0.1) is 0 Å². The number of rotatable bonds is 7. The molecule has 6 heteroatoms. The fourth-order valence-corrected chi connectivity index (χ4v) is 1.56. The van der Waals surface area contributed by atoms with E-state index in [1.807, 2.05) is 14.1 Å². The van der Waals surface area contributed by atoms with Crippen molar-refractivity contribution >= 4 is 17.6 Å². The number of aromatic nitrogens is 2. The minimum atomic E-state index is 0.260. The highest BCUT2D eigenvalue weighted by Crippen LogP contribution is 2.15. The van der Waals surface area contributed by atoms with Crippen molar-refractivity contribution in [3.63, 3.8) is 0 Å². The first-order valence-corrected chi connectivity index (χ1v) is 6.34. The Morgan fingerprint density at radius 3 is 2.41 bits per heavy atom. The van der Waals surface area contributed by atoms with Crippen LogP contribution in [-0.4, -0.2) is 48.8 Å². The number of hydrogen-bond donors (Lipinski definition) is 0. The van der Waals surface area contributed by atoms with Crippen LogP contribution < -0.4 is 4.90 Å². The average Bonchev–Trinajstić information content (AvgIpc) is 2.71. The number of nitrogens with zero attached hydrogens (tertiary/aromatic N) is 4. The highest BCUT2D eigenvalue weighted by molar-refractivity contribution is 6.16. The van der Waals surface area contributed by atoms with Crippen LogP contribution in [0, 0.1) is 5.92 Å². The summed E-state index contributed by atoms with van der Waals surface area (Å²) < 4.78 is 5.48. The van der Waals surface area contributed by atoms with Crippen LogP contribution in [0.4, 0.5) is 6.01 Å². The van der Waals surface area contributed by atoms with Crippen molar-refractivity contribution in [1.82, 2.24) is 15.1 Å². The first kappa shape index (κ1) is 14.3. The van der Waals surface area contributed by atoms with Gasteiger partial charge in [-0.05, 0) is 20.0 Å². The van der Waals surface area contributed by atoms with Gasteiger partial charge in [-0.1, -0.05) is 18.9 Å². The maximum Gasteiger partial charge on any atom is 0.318 e. The Bertz CT molecular complexity index is 327. The summed E-state index contributed by atoms with van der Waals surface area (Å²) >= 11 is 5.66. The number of likely N-dealkylation sites (N-methyl/N-ethyl adjacent to an activating group) is 1. The Balaban J connectivity index is 2.67. The van der Waals surface area contributed by atoms with Crippen LogP contribution in [-0.2, 0) is 5.88 Å². The van der Waals surface area contributed by atoms with E-state index in [-0.39, 0.29) is 5.88 Å². The van der Waals surface area contributed by atoms with Crippen molar-refractivity contribution in [3.8, 4) is 0 Å². The van der Waals surface area contributed by atoms with Crippen LogP contribution in [0.15, 0.2) is 4.42 Å². The van der Waals surface area contributed by atoms with Crippen LogP contribution in [0.2, 0.25) is 0 Å². The molecule has 1 aromatic heterocycles. The average molecular weight is 261 g/mol. The van der Waals surface area contributed by atoms with Gasteiger partial charge in [0.2, 0.25) is 5.89 Å². The molecular weight excluding hydrogens is 240 g/mol. The smallest absolute Gasteiger partial charge is 0.318 e. The second-order valence-corrected chi connectivity index (χ2v) is 5.02. The van der Waals surface area contributed by atoms with Crippen LogP contribution >= 0.6 is 11.6 Å². The third kappa shape index (κ3) is 4.91. The SMILES string of the molecule is CC(C)CN(CCN(C)C)c1nnc(CCl)o1. The summed E-state index contributed by atoms with van der Waals surface area (Å²) in [6.45, 7) is 7.06. The fraction of sp³-hybridized carbons (Fsp3) is 0.818. The Morgan fingerprint density at radius 1 is 1.24 bits per heavy atom. The zero-order valence-electron chi connectivity index (χ0n) is 11.0. The topological polar surface area (TPSA) is 45.4 Å². The molecule has 0 N–H and O–H groups in total. The maximum absolute atomic E-state index is 5.66. The zero-order valence-corrected chi connectivity index (χ0v) is 11.7. The Morgan fingerprint density at radius 2 is 1.94 bits per heavy atom. The number of alkyl halides is 1. The van der Waals surface area contributed by atoms with E-state index in [1.165, 1.54) is 0 Å². The minimum absolute atomic E-state index is 0.260. The third-order valence-electron chi connectivity index (χ3n) is 2.24. The molecular formula is C11H21ClN4O. The lowest BCUT2D eigenvalue weighted by molar-refractivity contribution is 0.397. The van der Waals surface area contributed by atoms with E-state index in [1.54, 1.807) is 0 Å². The molecule has 98 valence electrons. The summed E-state index contributed by atoms with van der Waals surface area (Å²) in [5, 5.41) is 7.91. The second kappa shape index (κ2) is 6.81. The van der Waals surface area contributed by atoms with Gasteiger partial charge in [0, 0.05) is 19.6 Å². The lowest BCUT2D eigenvalue weighted by Gasteiger charge is -2.23. The van der Waals surface area contributed by atoms with Crippen molar-refractivity contribution in [1.29, 1.82) is 0 Å². The van der Waals surface area contributed by atoms with Crippen molar-refractivity contribution in [2.45, 2.75) is 19.7 Å². The van der Waals surface area contributed by atoms with Crippen molar-refractivity contribution in [2.24, 2.45) is 5.92 Å². The van der Waals surface area contributed by atoms with Crippen LogP contribution in [0.3, 0.4) is 0 Å². The molecule has 5 nitrogen and oxygen atoms in total. The molecule has 0 saturated heterocycles. The molecule has 0 bridgehead atoms. The summed E-state index contributed by atoms with van der Waals surface area (Å²) in [4.78, 5) is 4.24. The normalized spacial score (nSPS) is 11.5. The van der Waals surface area contributed by atoms with E-state index < -0.39 is 0 Å². The van der Waals surface area contributed by atoms with E-state index in [2.05, 4.69) is 33.8 Å². The van der Waals surface area contributed by atoms with Gasteiger partial charge in [0.15, 0.2) is 0 Å². The summed E-state index contributed by atoms with van der Waals surface area (Å²) in [5.41, 5.74) is 0. The molecule has 17 heavy (non-hydrogen) atoms. The number of halogens is 1. The molecule has 0 aliphatic rings. The van der Waals surface area contributed by atoms with Gasteiger partial charge >= 0.3 is 6.01 Å². The molecule has 0 aromatic carbocycles. The first-order valence-electron chi connectivity index (χ1n) is 5.81. The molecule has 0 radical (unpaired) electrons. The van der Waals surface area contributed by atoms with Gasteiger partial charge in [-0.3, -0.25) is 0 Å². The van der Waals surface area contributed by atoms with E-state index in [9.17, 15) is 0 Å². The molecule has 0 atom stereocenters. The lowest BCUT2D eigenvalue weighted by atomic mass is 10.2. The second-order valence-electron chi connectivity index (χ2n) is 4.76. The maximum atomic E-state index is 5.66. The number of hydrogen-bond acceptors (Lipinski definition) is 5. The molecule has 1 rings (SSSR count).